The topological polar surface area (TPSA) is 90.9 Å². The molecule has 0 aliphatic carbocycles. The summed E-state index contributed by atoms with van der Waals surface area (Å²) < 4.78 is 13.7. The molecular formula is C11H17FN6. The zero-order chi connectivity index (χ0) is 13.5. The molecule has 0 atom stereocenters. The van der Waals surface area contributed by atoms with Crippen LogP contribution in [0.1, 0.15) is 20.3 Å². The fraction of sp³-hybridized carbons (Fsp3) is 0.545. The van der Waals surface area contributed by atoms with Gasteiger partial charge in [0, 0.05) is 13.1 Å². The van der Waals surface area contributed by atoms with Crippen LogP contribution < -0.4 is 16.2 Å². The summed E-state index contributed by atoms with van der Waals surface area (Å²) in [5.41, 5.74) is 2.28. The van der Waals surface area contributed by atoms with Crippen molar-refractivity contribution in [1.29, 1.82) is 5.26 Å². The number of hydrogen-bond donors (Lipinski definition) is 2. The van der Waals surface area contributed by atoms with Gasteiger partial charge in [-0.15, -0.1) is 0 Å². The summed E-state index contributed by atoms with van der Waals surface area (Å²) in [5.74, 6) is 5.33. The molecule has 6 nitrogen and oxygen atoms in total. The molecule has 0 unspecified atom stereocenters. The number of nitrogens with zero attached hydrogens (tertiary/aromatic N) is 4. The quantitative estimate of drug-likeness (QED) is 0.585. The highest BCUT2D eigenvalue weighted by atomic mass is 19.1. The van der Waals surface area contributed by atoms with Crippen molar-refractivity contribution < 1.29 is 4.39 Å². The Morgan fingerprint density at radius 3 is 2.89 bits per heavy atom. The SMILES string of the molecule is CC(C)CN(CCC#N)c1nc(NN)ncc1F. The molecule has 3 N–H and O–H groups in total. The van der Waals surface area contributed by atoms with Crippen molar-refractivity contribution >= 4 is 11.8 Å². The molecule has 18 heavy (non-hydrogen) atoms. The van der Waals surface area contributed by atoms with Crippen LogP contribution in [-0.2, 0) is 0 Å². The van der Waals surface area contributed by atoms with E-state index in [2.05, 4.69) is 15.4 Å². The lowest BCUT2D eigenvalue weighted by Gasteiger charge is -2.25. The van der Waals surface area contributed by atoms with E-state index in [1.165, 1.54) is 0 Å². The summed E-state index contributed by atoms with van der Waals surface area (Å²) >= 11 is 0. The molecule has 0 aromatic carbocycles. The van der Waals surface area contributed by atoms with E-state index in [-0.39, 0.29) is 11.8 Å². The van der Waals surface area contributed by atoms with E-state index in [4.69, 9.17) is 11.1 Å². The van der Waals surface area contributed by atoms with Crippen molar-refractivity contribution in [2.24, 2.45) is 11.8 Å². The summed E-state index contributed by atoms with van der Waals surface area (Å²) in [6.45, 7) is 5.06. The molecule has 0 bridgehead atoms. The van der Waals surface area contributed by atoms with Crippen molar-refractivity contribution in [3.63, 3.8) is 0 Å². The van der Waals surface area contributed by atoms with Crippen molar-refractivity contribution in [2.75, 3.05) is 23.4 Å². The Labute approximate surface area is 106 Å². The summed E-state index contributed by atoms with van der Waals surface area (Å²) in [7, 11) is 0. The number of rotatable bonds is 6. The van der Waals surface area contributed by atoms with E-state index in [0.29, 0.717) is 25.4 Å². The van der Waals surface area contributed by atoms with Crippen molar-refractivity contribution in [1.82, 2.24) is 9.97 Å². The average Bonchev–Trinajstić information content (AvgIpc) is 2.35. The molecule has 0 saturated carbocycles. The maximum atomic E-state index is 13.7. The first-order chi connectivity index (χ1) is 8.58. The van der Waals surface area contributed by atoms with E-state index < -0.39 is 5.82 Å². The fourth-order valence-electron chi connectivity index (χ4n) is 1.56. The Balaban J connectivity index is 2.99. The first kappa shape index (κ1) is 14.1. The number of nitriles is 1. The third kappa shape index (κ3) is 3.82. The Kier molecular flexibility index (Phi) is 5.27. The van der Waals surface area contributed by atoms with Gasteiger partial charge < -0.3 is 4.90 Å². The molecule has 0 aliphatic rings. The van der Waals surface area contributed by atoms with Crippen LogP contribution in [0.5, 0.6) is 0 Å². The van der Waals surface area contributed by atoms with Crippen LogP contribution >= 0.6 is 0 Å². The molecule has 1 aromatic rings. The first-order valence-corrected chi connectivity index (χ1v) is 5.69. The molecule has 1 aromatic heterocycles. The van der Waals surface area contributed by atoms with E-state index >= 15 is 0 Å². The standard InChI is InChI=1S/C11H17FN6/c1-8(2)7-18(5-3-4-13)10-9(12)6-15-11(16-10)17-14/h6,8H,3,5,7,14H2,1-2H3,(H,15,16,17). The van der Waals surface area contributed by atoms with Gasteiger partial charge in [-0.3, -0.25) is 5.43 Å². The lowest BCUT2D eigenvalue weighted by atomic mass is 10.2. The Hall–Kier alpha value is -1.94. The largest absolute Gasteiger partial charge is 0.353 e. The zero-order valence-corrected chi connectivity index (χ0v) is 10.5. The van der Waals surface area contributed by atoms with Crippen molar-refractivity contribution in [3.05, 3.63) is 12.0 Å². The fourth-order valence-corrected chi connectivity index (χ4v) is 1.56. The van der Waals surface area contributed by atoms with Gasteiger partial charge >= 0.3 is 0 Å². The van der Waals surface area contributed by atoms with Gasteiger partial charge in [0.05, 0.1) is 18.7 Å². The molecule has 0 amide bonds. The molecule has 98 valence electrons. The lowest BCUT2D eigenvalue weighted by Crippen LogP contribution is -2.30. The van der Waals surface area contributed by atoms with E-state index in [9.17, 15) is 4.39 Å². The summed E-state index contributed by atoms with van der Waals surface area (Å²) in [6, 6.07) is 2.04. The van der Waals surface area contributed by atoms with Crippen molar-refractivity contribution in [3.8, 4) is 6.07 Å². The third-order valence-corrected chi connectivity index (χ3v) is 2.23. The second-order valence-corrected chi connectivity index (χ2v) is 4.26. The number of hydrogen-bond acceptors (Lipinski definition) is 6. The van der Waals surface area contributed by atoms with E-state index in [0.717, 1.165) is 6.20 Å². The number of nitrogen functional groups attached to an aromatic ring is 1. The van der Waals surface area contributed by atoms with Crippen LogP contribution in [0.25, 0.3) is 0 Å². The molecule has 0 spiro atoms. The second kappa shape index (κ2) is 6.71. The molecular weight excluding hydrogens is 235 g/mol. The van der Waals surface area contributed by atoms with E-state index in [1.807, 2.05) is 19.9 Å². The molecule has 0 radical (unpaired) electrons. The minimum Gasteiger partial charge on any atom is -0.353 e. The monoisotopic (exact) mass is 252 g/mol. The van der Waals surface area contributed by atoms with Gasteiger partial charge in [0.1, 0.15) is 0 Å². The number of anilines is 2. The van der Waals surface area contributed by atoms with Crippen LogP contribution in [0.2, 0.25) is 0 Å². The number of aromatic nitrogens is 2. The second-order valence-electron chi connectivity index (χ2n) is 4.26. The number of nitrogens with two attached hydrogens (primary N) is 1. The molecule has 1 heterocycles. The normalized spacial score (nSPS) is 10.2. The minimum absolute atomic E-state index is 0.150. The van der Waals surface area contributed by atoms with Crippen LogP contribution in [0.3, 0.4) is 0 Å². The number of nitrogens with one attached hydrogen (secondary N) is 1. The number of hydrazine groups is 1. The highest BCUT2D eigenvalue weighted by Gasteiger charge is 2.15. The van der Waals surface area contributed by atoms with Gasteiger partial charge in [0.15, 0.2) is 11.6 Å². The van der Waals surface area contributed by atoms with Gasteiger partial charge in [-0.1, -0.05) is 13.8 Å². The summed E-state index contributed by atoms with van der Waals surface area (Å²) in [6.07, 6.45) is 1.37. The Morgan fingerprint density at radius 1 is 1.61 bits per heavy atom. The van der Waals surface area contributed by atoms with Gasteiger partial charge in [0.2, 0.25) is 5.95 Å². The predicted molar refractivity (Wildman–Crippen MR) is 67.1 cm³/mol. The van der Waals surface area contributed by atoms with Crippen molar-refractivity contribution in [2.45, 2.75) is 20.3 Å². The van der Waals surface area contributed by atoms with E-state index in [1.54, 1.807) is 4.90 Å². The zero-order valence-electron chi connectivity index (χ0n) is 10.5. The van der Waals surface area contributed by atoms with Crippen LogP contribution in [0.15, 0.2) is 6.20 Å². The third-order valence-electron chi connectivity index (χ3n) is 2.23. The van der Waals surface area contributed by atoms with Crippen LogP contribution in [0, 0.1) is 23.1 Å². The highest BCUT2D eigenvalue weighted by Crippen LogP contribution is 2.18. The number of halogens is 1. The van der Waals surface area contributed by atoms with Gasteiger partial charge in [0.25, 0.3) is 0 Å². The summed E-state index contributed by atoms with van der Waals surface area (Å²) in [5, 5.41) is 8.63. The summed E-state index contributed by atoms with van der Waals surface area (Å²) in [4.78, 5) is 9.40. The van der Waals surface area contributed by atoms with Crippen LogP contribution in [-0.4, -0.2) is 23.1 Å². The van der Waals surface area contributed by atoms with Gasteiger partial charge in [-0.05, 0) is 5.92 Å². The maximum Gasteiger partial charge on any atom is 0.239 e. The van der Waals surface area contributed by atoms with Gasteiger partial charge in [-0.25, -0.2) is 15.2 Å². The first-order valence-electron chi connectivity index (χ1n) is 5.69. The Morgan fingerprint density at radius 2 is 2.33 bits per heavy atom. The lowest BCUT2D eigenvalue weighted by molar-refractivity contribution is 0.570. The molecule has 7 heteroatoms. The maximum absolute atomic E-state index is 13.7. The highest BCUT2D eigenvalue weighted by molar-refractivity contribution is 5.43. The Bertz CT molecular complexity index is 428. The average molecular weight is 252 g/mol. The molecule has 1 rings (SSSR count). The van der Waals surface area contributed by atoms with Crippen LogP contribution in [0.4, 0.5) is 16.2 Å². The minimum atomic E-state index is -0.521. The molecule has 0 fully saturated rings. The molecule has 0 saturated heterocycles. The predicted octanol–water partition coefficient (Wildman–Crippen LogP) is 1.28. The van der Waals surface area contributed by atoms with Gasteiger partial charge in [-0.2, -0.15) is 10.2 Å². The smallest absolute Gasteiger partial charge is 0.239 e. The molecule has 0 aliphatic heterocycles.